The molecular weight excluding hydrogens is 412 g/mol. The highest BCUT2D eigenvalue weighted by atomic mass is 32.2. The van der Waals surface area contributed by atoms with Crippen molar-refractivity contribution in [2.24, 2.45) is 0 Å². The summed E-state index contributed by atoms with van der Waals surface area (Å²) < 4.78 is 31.9. The number of rotatable bonds is 11. The lowest BCUT2D eigenvalue weighted by molar-refractivity contribution is -0.122. The van der Waals surface area contributed by atoms with E-state index in [4.69, 9.17) is 4.74 Å². The van der Waals surface area contributed by atoms with Gasteiger partial charge in [0.15, 0.2) is 0 Å². The van der Waals surface area contributed by atoms with Crippen LogP contribution in [0.15, 0.2) is 42.5 Å². The Bertz CT molecular complexity index is 951. The van der Waals surface area contributed by atoms with Crippen LogP contribution >= 0.6 is 0 Å². The predicted molar refractivity (Wildman–Crippen MR) is 126 cm³/mol. The molecule has 0 fully saturated rings. The minimum absolute atomic E-state index is 0.279. The summed E-state index contributed by atoms with van der Waals surface area (Å²) in [7, 11) is -3.63. The quantitative estimate of drug-likeness (QED) is 0.530. The van der Waals surface area contributed by atoms with Crippen molar-refractivity contribution in [3.8, 4) is 5.75 Å². The highest BCUT2D eigenvalue weighted by molar-refractivity contribution is 7.92. The minimum Gasteiger partial charge on any atom is -0.494 e. The van der Waals surface area contributed by atoms with Gasteiger partial charge in [-0.3, -0.25) is 9.10 Å². The van der Waals surface area contributed by atoms with E-state index in [2.05, 4.69) is 5.32 Å². The summed E-state index contributed by atoms with van der Waals surface area (Å²) in [6, 6.07) is 12.7. The summed E-state index contributed by atoms with van der Waals surface area (Å²) in [6.07, 6.45) is 3.10. The van der Waals surface area contributed by atoms with Crippen LogP contribution < -0.4 is 14.4 Å². The van der Waals surface area contributed by atoms with Crippen LogP contribution in [0.1, 0.15) is 43.4 Å². The highest BCUT2D eigenvalue weighted by Crippen LogP contribution is 2.25. The van der Waals surface area contributed by atoms with Gasteiger partial charge >= 0.3 is 0 Å². The molecule has 2 aromatic rings. The third-order valence-electron chi connectivity index (χ3n) is 4.97. The van der Waals surface area contributed by atoms with Crippen molar-refractivity contribution in [3.05, 3.63) is 59.2 Å². The monoisotopic (exact) mass is 446 g/mol. The largest absolute Gasteiger partial charge is 0.494 e. The number of ether oxygens (including phenoxy) is 1. The Balaban J connectivity index is 2.03. The first-order valence-corrected chi connectivity index (χ1v) is 12.6. The van der Waals surface area contributed by atoms with Crippen molar-refractivity contribution in [2.45, 2.75) is 53.0 Å². The molecule has 0 unspecified atom stereocenters. The van der Waals surface area contributed by atoms with E-state index in [1.807, 2.05) is 58.0 Å². The van der Waals surface area contributed by atoms with Crippen LogP contribution in [0.3, 0.4) is 0 Å². The van der Waals surface area contributed by atoms with Gasteiger partial charge in [0.2, 0.25) is 15.9 Å². The third kappa shape index (κ3) is 7.28. The Morgan fingerprint density at radius 3 is 2.19 bits per heavy atom. The lowest BCUT2D eigenvalue weighted by atomic mass is 10.1. The van der Waals surface area contributed by atoms with Crippen molar-refractivity contribution in [1.29, 1.82) is 0 Å². The van der Waals surface area contributed by atoms with Gasteiger partial charge in [-0.2, -0.15) is 0 Å². The summed E-state index contributed by atoms with van der Waals surface area (Å²) >= 11 is 0. The van der Waals surface area contributed by atoms with Crippen LogP contribution in [0.4, 0.5) is 5.69 Å². The van der Waals surface area contributed by atoms with Crippen LogP contribution in [0, 0.1) is 13.8 Å². The molecule has 1 N–H and O–H groups in total. The Labute approximate surface area is 186 Å². The van der Waals surface area contributed by atoms with E-state index in [0.29, 0.717) is 25.3 Å². The minimum atomic E-state index is -3.63. The summed E-state index contributed by atoms with van der Waals surface area (Å²) in [5.74, 6) is 0.566. The number of nitrogens with zero attached hydrogens (tertiary/aromatic N) is 1. The average Bonchev–Trinajstić information content (AvgIpc) is 2.68. The second-order valence-electron chi connectivity index (χ2n) is 7.80. The van der Waals surface area contributed by atoms with E-state index in [9.17, 15) is 13.2 Å². The van der Waals surface area contributed by atoms with Gasteiger partial charge in [-0.05, 0) is 81.0 Å². The number of sulfonamides is 1. The number of anilines is 1. The van der Waals surface area contributed by atoms with E-state index < -0.39 is 16.1 Å². The van der Waals surface area contributed by atoms with Gasteiger partial charge in [-0.25, -0.2) is 8.42 Å². The molecule has 0 radical (unpaired) electrons. The summed E-state index contributed by atoms with van der Waals surface area (Å²) in [4.78, 5) is 12.9. The number of amides is 1. The second kappa shape index (κ2) is 11.2. The van der Waals surface area contributed by atoms with Gasteiger partial charge in [0.1, 0.15) is 11.8 Å². The number of hydrogen-bond acceptors (Lipinski definition) is 4. The maximum atomic E-state index is 12.9. The number of aryl methyl sites for hydroxylation is 3. The van der Waals surface area contributed by atoms with Crippen LogP contribution in [0.2, 0.25) is 0 Å². The van der Waals surface area contributed by atoms with Gasteiger partial charge in [-0.15, -0.1) is 0 Å². The first-order chi connectivity index (χ1) is 14.7. The molecule has 2 rings (SSSR count). The standard InChI is InChI=1S/C24H34N2O4S/c1-6-23(26(31(5,28)29)21-16-18(3)15-19(4)17-21)24(27)25-14-8-9-20-10-12-22(13-11-20)30-7-2/h10-13,15-17,23H,6-9,14H2,1-5H3,(H,25,27)/t23-/m0/s1. The van der Waals surface area contributed by atoms with Crippen LogP contribution in [-0.2, 0) is 21.2 Å². The molecule has 0 aromatic heterocycles. The Kier molecular flexibility index (Phi) is 8.92. The molecule has 0 spiro atoms. The molecule has 2 aromatic carbocycles. The number of nitrogens with one attached hydrogen (secondary N) is 1. The third-order valence-corrected chi connectivity index (χ3v) is 6.15. The molecule has 170 valence electrons. The number of carbonyl (C=O) groups is 1. The smallest absolute Gasteiger partial charge is 0.243 e. The first-order valence-electron chi connectivity index (χ1n) is 10.7. The van der Waals surface area contributed by atoms with Gasteiger partial charge in [0, 0.05) is 6.54 Å². The maximum Gasteiger partial charge on any atom is 0.243 e. The molecule has 7 heteroatoms. The topological polar surface area (TPSA) is 75.7 Å². The van der Waals surface area contributed by atoms with Crippen molar-refractivity contribution in [1.82, 2.24) is 5.32 Å². The molecule has 0 aliphatic carbocycles. The van der Waals surface area contributed by atoms with Crippen molar-refractivity contribution in [3.63, 3.8) is 0 Å². The average molecular weight is 447 g/mol. The first kappa shape index (κ1) is 24.7. The molecule has 0 saturated heterocycles. The van der Waals surface area contributed by atoms with E-state index in [1.54, 1.807) is 12.1 Å². The normalized spacial score (nSPS) is 12.3. The van der Waals surface area contributed by atoms with E-state index in [0.717, 1.165) is 41.5 Å². The van der Waals surface area contributed by atoms with E-state index in [-0.39, 0.29) is 5.91 Å². The summed E-state index contributed by atoms with van der Waals surface area (Å²) in [5, 5.41) is 2.92. The van der Waals surface area contributed by atoms with E-state index in [1.165, 1.54) is 4.31 Å². The van der Waals surface area contributed by atoms with Gasteiger partial charge < -0.3 is 10.1 Å². The summed E-state index contributed by atoms with van der Waals surface area (Å²) in [5.41, 5.74) is 3.60. The molecule has 0 saturated carbocycles. The summed E-state index contributed by atoms with van der Waals surface area (Å²) in [6.45, 7) is 8.72. The molecule has 1 atom stereocenters. The zero-order chi connectivity index (χ0) is 23.0. The molecule has 0 heterocycles. The Morgan fingerprint density at radius 1 is 1.06 bits per heavy atom. The number of carbonyl (C=O) groups excluding carboxylic acids is 1. The van der Waals surface area contributed by atoms with Crippen LogP contribution in [0.5, 0.6) is 5.75 Å². The van der Waals surface area contributed by atoms with Gasteiger partial charge in [0.05, 0.1) is 18.6 Å². The molecule has 1 amide bonds. The molecular formula is C24H34N2O4S. The Hall–Kier alpha value is -2.54. The predicted octanol–water partition coefficient (Wildman–Crippen LogP) is 4.00. The van der Waals surface area contributed by atoms with Crippen LogP contribution in [0.25, 0.3) is 0 Å². The zero-order valence-electron chi connectivity index (χ0n) is 19.1. The van der Waals surface area contributed by atoms with Gasteiger partial charge in [0.25, 0.3) is 0 Å². The second-order valence-corrected chi connectivity index (χ2v) is 9.66. The van der Waals surface area contributed by atoms with Crippen LogP contribution in [-0.4, -0.2) is 39.8 Å². The lowest BCUT2D eigenvalue weighted by Gasteiger charge is -2.30. The fourth-order valence-corrected chi connectivity index (χ4v) is 4.87. The SMILES string of the molecule is CCOc1ccc(CCCNC(=O)[C@H](CC)N(c2cc(C)cc(C)c2)S(C)(=O)=O)cc1. The maximum absolute atomic E-state index is 12.9. The molecule has 0 aliphatic heterocycles. The molecule has 0 bridgehead atoms. The van der Waals surface area contributed by atoms with Gasteiger partial charge in [-0.1, -0.05) is 25.1 Å². The Morgan fingerprint density at radius 2 is 1.68 bits per heavy atom. The fourth-order valence-electron chi connectivity index (χ4n) is 3.68. The zero-order valence-corrected chi connectivity index (χ0v) is 20.0. The van der Waals surface area contributed by atoms with Crippen molar-refractivity contribution >= 4 is 21.6 Å². The number of benzene rings is 2. The molecule has 0 aliphatic rings. The van der Waals surface area contributed by atoms with Crippen molar-refractivity contribution in [2.75, 3.05) is 23.7 Å². The molecule has 6 nitrogen and oxygen atoms in total. The highest BCUT2D eigenvalue weighted by Gasteiger charge is 2.31. The molecule has 31 heavy (non-hydrogen) atoms. The van der Waals surface area contributed by atoms with E-state index >= 15 is 0 Å². The lowest BCUT2D eigenvalue weighted by Crippen LogP contribution is -2.49. The fraction of sp³-hybridized carbons (Fsp3) is 0.458. The van der Waals surface area contributed by atoms with Crippen molar-refractivity contribution < 1.29 is 17.9 Å². The number of hydrogen-bond donors (Lipinski definition) is 1.